The van der Waals surface area contributed by atoms with Crippen LogP contribution in [0.25, 0.3) is 0 Å². The molecule has 14 heavy (non-hydrogen) atoms. The van der Waals surface area contributed by atoms with Crippen LogP contribution >= 0.6 is 27.5 Å². The quantitative estimate of drug-likeness (QED) is 0.925. The standard InChI is InChI=1S/C9H8BrClO3/c1-14-7-4-6(11)2-5(9(7)10)3-8(12)13/h2,4H,3H2,1H3,(H,12,13). The monoisotopic (exact) mass is 278 g/mol. The van der Waals surface area contributed by atoms with Gasteiger partial charge in [-0.15, -0.1) is 0 Å². The predicted octanol–water partition coefficient (Wildman–Crippen LogP) is 2.74. The van der Waals surface area contributed by atoms with Crippen LogP contribution in [0.5, 0.6) is 5.75 Å². The highest BCUT2D eigenvalue weighted by Gasteiger charge is 2.11. The Kier molecular flexibility index (Phi) is 3.77. The van der Waals surface area contributed by atoms with E-state index >= 15 is 0 Å². The van der Waals surface area contributed by atoms with Gasteiger partial charge in [-0.1, -0.05) is 11.6 Å². The lowest BCUT2D eigenvalue weighted by molar-refractivity contribution is -0.136. The Bertz CT molecular complexity index is 365. The van der Waals surface area contributed by atoms with Gasteiger partial charge in [-0.05, 0) is 33.6 Å². The SMILES string of the molecule is COc1cc(Cl)cc(CC(=O)O)c1Br. The zero-order valence-electron chi connectivity index (χ0n) is 7.38. The predicted molar refractivity (Wildman–Crippen MR) is 57.0 cm³/mol. The molecule has 0 saturated carbocycles. The lowest BCUT2D eigenvalue weighted by atomic mass is 10.1. The summed E-state index contributed by atoms with van der Waals surface area (Å²) in [6, 6.07) is 3.22. The topological polar surface area (TPSA) is 46.5 Å². The summed E-state index contributed by atoms with van der Waals surface area (Å²) in [7, 11) is 1.50. The number of benzene rings is 1. The zero-order valence-corrected chi connectivity index (χ0v) is 9.72. The van der Waals surface area contributed by atoms with Crippen molar-refractivity contribution in [2.24, 2.45) is 0 Å². The van der Waals surface area contributed by atoms with E-state index in [1.54, 1.807) is 12.1 Å². The van der Waals surface area contributed by atoms with Crippen molar-refractivity contribution in [3.63, 3.8) is 0 Å². The molecule has 0 amide bonds. The molecule has 0 spiro atoms. The average Bonchev–Trinajstić information content (AvgIpc) is 2.09. The number of carbonyl (C=O) groups is 1. The molecule has 0 heterocycles. The Balaban J connectivity index is 3.15. The van der Waals surface area contributed by atoms with Crippen LogP contribution in [0, 0.1) is 0 Å². The van der Waals surface area contributed by atoms with Crippen molar-refractivity contribution in [3.8, 4) is 5.75 Å². The fourth-order valence-electron chi connectivity index (χ4n) is 1.06. The van der Waals surface area contributed by atoms with Crippen LogP contribution in [0.1, 0.15) is 5.56 Å². The van der Waals surface area contributed by atoms with E-state index < -0.39 is 5.97 Å². The normalized spacial score (nSPS) is 9.93. The van der Waals surface area contributed by atoms with Crippen LogP contribution in [-0.2, 0) is 11.2 Å². The molecule has 1 N–H and O–H groups in total. The molecule has 0 aliphatic carbocycles. The summed E-state index contributed by atoms with van der Waals surface area (Å²) >= 11 is 9.05. The first kappa shape index (κ1) is 11.3. The molecule has 0 bridgehead atoms. The maximum atomic E-state index is 10.5. The first-order valence-electron chi connectivity index (χ1n) is 3.78. The van der Waals surface area contributed by atoms with Crippen LogP contribution in [0.3, 0.4) is 0 Å². The molecule has 0 aliphatic rings. The number of methoxy groups -OCH3 is 1. The number of carboxylic acid groups (broad SMARTS) is 1. The van der Waals surface area contributed by atoms with Gasteiger partial charge in [0.2, 0.25) is 0 Å². The number of carboxylic acids is 1. The molecular formula is C9H8BrClO3. The van der Waals surface area contributed by atoms with Gasteiger partial charge in [0.25, 0.3) is 0 Å². The maximum absolute atomic E-state index is 10.5. The molecule has 0 unspecified atom stereocenters. The van der Waals surface area contributed by atoms with Gasteiger partial charge in [0.05, 0.1) is 18.0 Å². The fraction of sp³-hybridized carbons (Fsp3) is 0.222. The van der Waals surface area contributed by atoms with E-state index in [0.29, 0.717) is 20.8 Å². The highest BCUT2D eigenvalue weighted by Crippen LogP contribution is 2.32. The zero-order chi connectivity index (χ0) is 10.7. The lowest BCUT2D eigenvalue weighted by Crippen LogP contribution is -2.01. The Hall–Kier alpha value is -0.740. The van der Waals surface area contributed by atoms with Crippen LogP contribution in [0.2, 0.25) is 5.02 Å². The molecule has 0 radical (unpaired) electrons. The van der Waals surface area contributed by atoms with Crippen LogP contribution in [0.15, 0.2) is 16.6 Å². The van der Waals surface area contributed by atoms with Crippen LogP contribution in [0.4, 0.5) is 0 Å². The van der Waals surface area contributed by atoms with Crippen molar-refractivity contribution in [1.29, 1.82) is 0 Å². The van der Waals surface area contributed by atoms with Gasteiger partial charge in [0, 0.05) is 5.02 Å². The Labute approximate surface area is 94.8 Å². The van der Waals surface area contributed by atoms with Crippen LogP contribution < -0.4 is 4.74 Å². The molecule has 0 aromatic heterocycles. The van der Waals surface area contributed by atoms with Crippen molar-refractivity contribution in [3.05, 3.63) is 27.2 Å². The third-order valence-electron chi connectivity index (χ3n) is 1.64. The number of halogens is 2. The minimum Gasteiger partial charge on any atom is -0.496 e. The highest BCUT2D eigenvalue weighted by molar-refractivity contribution is 9.10. The Morgan fingerprint density at radius 2 is 2.29 bits per heavy atom. The summed E-state index contributed by atoms with van der Waals surface area (Å²) in [5.41, 5.74) is 0.599. The van der Waals surface area contributed by atoms with Gasteiger partial charge in [0.1, 0.15) is 5.75 Å². The van der Waals surface area contributed by atoms with E-state index in [0.717, 1.165) is 0 Å². The molecule has 0 aliphatic heterocycles. The average molecular weight is 280 g/mol. The highest BCUT2D eigenvalue weighted by atomic mass is 79.9. The molecule has 1 rings (SSSR count). The summed E-state index contributed by atoms with van der Waals surface area (Å²) in [6.07, 6.45) is -0.0858. The minimum absolute atomic E-state index is 0.0858. The second-order valence-electron chi connectivity index (χ2n) is 2.65. The maximum Gasteiger partial charge on any atom is 0.307 e. The minimum atomic E-state index is -0.907. The Morgan fingerprint density at radius 1 is 1.64 bits per heavy atom. The van der Waals surface area contributed by atoms with Gasteiger partial charge in [0.15, 0.2) is 0 Å². The number of rotatable bonds is 3. The Morgan fingerprint density at radius 3 is 2.79 bits per heavy atom. The molecule has 76 valence electrons. The summed E-state index contributed by atoms with van der Waals surface area (Å²) in [5.74, 6) is -0.372. The van der Waals surface area contributed by atoms with Crippen molar-refractivity contribution in [1.82, 2.24) is 0 Å². The number of hydrogen-bond donors (Lipinski definition) is 1. The molecule has 3 nitrogen and oxygen atoms in total. The van der Waals surface area contributed by atoms with E-state index in [4.69, 9.17) is 21.4 Å². The van der Waals surface area contributed by atoms with Gasteiger partial charge < -0.3 is 9.84 Å². The molecule has 0 atom stereocenters. The number of aliphatic carboxylic acids is 1. The molecule has 1 aromatic carbocycles. The van der Waals surface area contributed by atoms with Crippen LogP contribution in [-0.4, -0.2) is 18.2 Å². The van der Waals surface area contributed by atoms with Crippen molar-refractivity contribution >= 4 is 33.5 Å². The molecule has 5 heteroatoms. The van der Waals surface area contributed by atoms with Gasteiger partial charge in [-0.25, -0.2) is 0 Å². The van der Waals surface area contributed by atoms with E-state index in [1.165, 1.54) is 7.11 Å². The summed E-state index contributed by atoms with van der Waals surface area (Å²) in [6.45, 7) is 0. The second kappa shape index (κ2) is 4.66. The third-order valence-corrected chi connectivity index (χ3v) is 2.76. The van der Waals surface area contributed by atoms with Crippen molar-refractivity contribution in [2.75, 3.05) is 7.11 Å². The second-order valence-corrected chi connectivity index (χ2v) is 3.88. The summed E-state index contributed by atoms with van der Waals surface area (Å²) < 4.78 is 5.66. The molecule has 1 aromatic rings. The van der Waals surface area contributed by atoms with Crippen molar-refractivity contribution < 1.29 is 14.6 Å². The first-order valence-corrected chi connectivity index (χ1v) is 4.95. The van der Waals surface area contributed by atoms with E-state index in [9.17, 15) is 4.79 Å². The van der Waals surface area contributed by atoms with Crippen molar-refractivity contribution in [2.45, 2.75) is 6.42 Å². The fourth-order valence-corrected chi connectivity index (χ4v) is 1.82. The molecule has 0 fully saturated rings. The van der Waals surface area contributed by atoms with Gasteiger partial charge in [-0.3, -0.25) is 4.79 Å². The molecular weight excluding hydrogens is 271 g/mol. The third kappa shape index (κ3) is 2.62. The van der Waals surface area contributed by atoms with E-state index in [1.807, 2.05) is 0 Å². The van der Waals surface area contributed by atoms with Gasteiger partial charge in [-0.2, -0.15) is 0 Å². The molecule has 0 saturated heterocycles. The van der Waals surface area contributed by atoms with E-state index in [2.05, 4.69) is 15.9 Å². The first-order chi connectivity index (χ1) is 6.54. The summed E-state index contributed by atoms with van der Waals surface area (Å²) in [4.78, 5) is 10.5. The van der Waals surface area contributed by atoms with E-state index in [-0.39, 0.29) is 6.42 Å². The number of hydrogen-bond acceptors (Lipinski definition) is 2. The van der Waals surface area contributed by atoms with Gasteiger partial charge >= 0.3 is 5.97 Å². The lowest BCUT2D eigenvalue weighted by Gasteiger charge is -2.08. The largest absolute Gasteiger partial charge is 0.496 e. The summed E-state index contributed by atoms with van der Waals surface area (Å²) in [5, 5.41) is 9.10. The number of ether oxygens (including phenoxy) is 1. The smallest absolute Gasteiger partial charge is 0.307 e.